The molecule has 0 saturated heterocycles. The Hall–Kier alpha value is -1.78. The van der Waals surface area contributed by atoms with Gasteiger partial charge in [-0.1, -0.05) is 23.2 Å². The number of hydrogen-bond donors (Lipinski definition) is 1. The summed E-state index contributed by atoms with van der Waals surface area (Å²) in [5, 5.41) is 4.00. The molecule has 1 aromatic heterocycles. The Kier molecular flexibility index (Phi) is 6.04. The molecule has 1 aromatic carbocycles. The SMILES string of the molecule is CN(CCc1ccncc1)C(=O)CNc1ccc(Cl)c(Cl)c1. The molecule has 0 aliphatic heterocycles. The lowest BCUT2D eigenvalue weighted by Crippen LogP contribution is -2.33. The van der Waals surface area contributed by atoms with Crippen molar-refractivity contribution < 1.29 is 4.79 Å². The van der Waals surface area contributed by atoms with Crippen molar-refractivity contribution in [1.29, 1.82) is 0 Å². The molecule has 1 heterocycles. The number of likely N-dealkylation sites (N-methyl/N-ethyl adjacent to an activating group) is 1. The number of pyridine rings is 1. The van der Waals surface area contributed by atoms with Crippen LogP contribution in [0.15, 0.2) is 42.7 Å². The normalized spacial score (nSPS) is 10.3. The molecule has 0 aliphatic rings. The highest BCUT2D eigenvalue weighted by atomic mass is 35.5. The van der Waals surface area contributed by atoms with Crippen LogP contribution in [-0.2, 0) is 11.2 Å². The fourth-order valence-corrected chi connectivity index (χ4v) is 2.19. The van der Waals surface area contributed by atoms with E-state index >= 15 is 0 Å². The molecule has 0 aliphatic carbocycles. The first-order chi connectivity index (χ1) is 10.6. The zero-order chi connectivity index (χ0) is 15.9. The van der Waals surface area contributed by atoms with E-state index in [0.29, 0.717) is 16.6 Å². The zero-order valence-corrected chi connectivity index (χ0v) is 13.7. The predicted octanol–water partition coefficient (Wildman–Crippen LogP) is 3.50. The van der Waals surface area contributed by atoms with Crippen molar-refractivity contribution >= 4 is 34.8 Å². The third-order valence-corrected chi connectivity index (χ3v) is 4.01. The van der Waals surface area contributed by atoms with E-state index in [1.807, 2.05) is 12.1 Å². The average molecular weight is 338 g/mol. The highest BCUT2D eigenvalue weighted by Crippen LogP contribution is 2.24. The summed E-state index contributed by atoms with van der Waals surface area (Å²) in [7, 11) is 1.79. The average Bonchev–Trinajstić information content (AvgIpc) is 2.54. The molecule has 0 radical (unpaired) electrons. The number of nitrogens with zero attached hydrogens (tertiary/aromatic N) is 2. The number of rotatable bonds is 6. The fourth-order valence-electron chi connectivity index (χ4n) is 1.89. The molecule has 0 atom stereocenters. The Morgan fingerprint density at radius 2 is 1.91 bits per heavy atom. The molecule has 0 spiro atoms. The molecule has 1 N–H and O–H groups in total. The Labute approximate surface area is 140 Å². The lowest BCUT2D eigenvalue weighted by molar-refractivity contribution is -0.127. The minimum Gasteiger partial charge on any atom is -0.376 e. The Morgan fingerprint density at radius 3 is 2.59 bits per heavy atom. The fraction of sp³-hybridized carbons (Fsp3) is 0.250. The van der Waals surface area contributed by atoms with Crippen LogP contribution in [0.3, 0.4) is 0 Å². The van der Waals surface area contributed by atoms with E-state index < -0.39 is 0 Å². The van der Waals surface area contributed by atoms with E-state index in [2.05, 4.69) is 10.3 Å². The van der Waals surface area contributed by atoms with E-state index in [1.165, 1.54) is 0 Å². The second kappa shape index (κ2) is 8.01. The van der Waals surface area contributed by atoms with Crippen LogP contribution in [0.25, 0.3) is 0 Å². The Balaban J connectivity index is 1.79. The zero-order valence-electron chi connectivity index (χ0n) is 12.2. The second-order valence-corrected chi connectivity index (χ2v) is 5.72. The Morgan fingerprint density at radius 1 is 1.18 bits per heavy atom. The van der Waals surface area contributed by atoms with Crippen LogP contribution in [0.4, 0.5) is 5.69 Å². The largest absolute Gasteiger partial charge is 0.376 e. The number of amides is 1. The van der Waals surface area contributed by atoms with Crippen LogP contribution in [-0.4, -0.2) is 35.9 Å². The standard InChI is InChI=1S/C16H17Cl2N3O/c1-21(9-6-12-4-7-19-8-5-12)16(22)11-20-13-2-3-14(17)15(18)10-13/h2-5,7-8,10,20H,6,9,11H2,1H3. The lowest BCUT2D eigenvalue weighted by Gasteiger charge is -2.18. The number of anilines is 1. The summed E-state index contributed by atoms with van der Waals surface area (Å²) in [4.78, 5) is 17.8. The number of hydrogen-bond acceptors (Lipinski definition) is 3. The van der Waals surface area contributed by atoms with E-state index in [0.717, 1.165) is 17.7 Å². The predicted molar refractivity (Wildman–Crippen MR) is 90.5 cm³/mol. The highest BCUT2D eigenvalue weighted by molar-refractivity contribution is 6.42. The number of aromatic nitrogens is 1. The van der Waals surface area contributed by atoms with Crippen molar-refractivity contribution in [3.63, 3.8) is 0 Å². The first-order valence-corrected chi connectivity index (χ1v) is 7.63. The van der Waals surface area contributed by atoms with Crippen molar-refractivity contribution in [2.24, 2.45) is 0 Å². The molecule has 0 saturated carbocycles. The molecule has 1 amide bonds. The van der Waals surface area contributed by atoms with Gasteiger partial charge in [0.1, 0.15) is 0 Å². The summed E-state index contributed by atoms with van der Waals surface area (Å²) in [6, 6.07) is 9.09. The van der Waals surface area contributed by atoms with Gasteiger partial charge in [-0.05, 0) is 42.3 Å². The van der Waals surface area contributed by atoms with Crippen LogP contribution in [0, 0.1) is 0 Å². The van der Waals surface area contributed by atoms with Gasteiger partial charge in [0.2, 0.25) is 5.91 Å². The van der Waals surface area contributed by atoms with Crippen molar-refractivity contribution in [3.05, 3.63) is 58.3 Å². The van der Waals surface area contributed by atoms with Gasteiger partial charge in [0, 0.05) is 31.7 Å². The van der Waals surface area contributed by atoms with Gasteiger partial charge in [-0.3, -0.25) is 9.78 Å². The van der Waals surface area contributed by atoms with Crippen molar-refractivity contribution in [2.75, 3.05) is 25.5 Å². The number of halogens is 2. The maximum atomic E-state index is 12.1. The maximum Gasteiger partial charge on any atom is 0.241 e. The third-order valence-electron chi connectivity index (χ3n) is 3.27. The first kappa shape index (κ1) is 16.6. The van der Waals surface area contributed by atoms with E-state index in [9.17, 15) is 4.79 Å². The van der Waals surface area contributed by atoms with Crippen molar-refractivity contribution in [2.45, 2.75) is 6.42 Å². The van der Waals surface area contributed by atoms with Crippen LogP contribution in [0.1, 0.15) is 5.56 Å². The molecule has 0 unspecified atom stereocenters. The summed E-state index contributed by atoms with van der Waals surface area (Å²) < 4.78 is 0. The molecule has 6 heteroatoms. The Bertz CT molecular complexity index is 635. The van der Waals surface area contributed by atoms with Crippen molar-refractivity contribution in [1.82, 2.24) is 9.88 Å². The molecule has 0 bridgehead atoms. The van der Waals surface area contributed by atoms with Gasteiger partial charge in [-0.25, -0.2) is 0 Å². The minimum atomic E-state index is 0.0140. The topological polar surface area (TPSA) is 45.2 Å². The van der Waals surface area contributed by atoms with E-state index in [1.54, 1.807) is 42.5 Å². The number of nitrogens with one attached hydrogen (secondary N) is 1. The number of benzene rings is 1. The highest BCUT2D eigenvalue weighted by Gasteiger charge is 2.09. The minimum absolute atomic E-state index is 0.0140. The third kappa shape index (κ3) is 4.90. The number of carbonyl (C=O) groups excluding carboxylic acids is 1. The molecule has 2 rings (SSSR count). The summed E-state index contributed by atoms with van der Waals surface area (Å²) >= 11 is 11.8. The molecule has 116 valence electrons. The quantitative estimate of drug-likeness (QED) is 0.877. The van der Waals surface area contributed by atoms with Crippen molar-refractivity contribution in [3.8, 4) is 0 Å². The molecule has 0 fully saturated rings. The van der Waals surface area contributed by atoms with Gasteiger partial charge in [0.05, 0.1) is 16.6 Å². The smallest absolute Gasteiger partial charge is 0.241 e. The van der Waals surface area contributed by atoms with Crippen LogP contribution < -0.4 is 5.32 Å². The molecule has 2 aromatic rings. The van der Waals surface area contributed by atoms with Crippen LogP contribution in [0.5, 0.6) is 0 Å². The molecule has 22 heavy (non-hydrogen) atoms. The molecule has 4 nitrogen and oxygen atoms in total. The van der Waals surface area contributed by atoms with Gasteiger partial charge < -0.3 is 10.2 Å². The van der Waals surface area contributed by atoms with E-state index in [4.69, 9.17) is 23.2 Å². The van der Waals surface area contributed by atoms with Gasteiger partial charge >= 0.3 is 0 Å². The number of carbonyl (C=O) groups is 1. The van der Waals surface area contributed by atoms with Gasteiger partial charge in [-0.15, -0.1) is 0 Å². The summed E-state index contributed by atoms with van der Waals surface area (Å²) in [6.45, 7) is 0.872. The molecular formula is C16H17Cl2N3O. The maximum absolute atomic E-state index is 12.1. The van der Waals surface area contributed by atoms with Crippen LogP contribution >= 0.6 is 23.2 Å². The summed E-state index contributed by atoms with van der Waals surface area (Å²) in [5.74, 6) is 0.0140. The van der Waals surface area contributed by atoms with Crippen LogP contribution in [0.2, 0.25) is 10.0 Å². The first-order valence-electron chi connectivity index (χ1n) is 6.88. The summed E-state index contributed by atoms with van der Waals surface area (Å²) in [5.41, 5.74) is 1.93. The molecular weight excluding hydrogens is 321 g/mol. The second-order valence-electron chi connectivity index (χ2n) is 4.90. The monoisotopic (exact) mass is 337 g/mol. The van der Waals surface area contributed by atoms with Gasteiger partial charge in [-0.2, -0.15) is 0 Å². The lowest BCUT2D eigenvalue weighted by atomic mass is 10.2. The van der Waals surface area contributed by atoms with Gasteiger partial charge in [0.15, 0.2) is 0 Å². The summed E-state index contributed by atoms with van der Waals surface area (Å²) in [6.07, 6.45) is 4.31. The van der Waals surface area contributed by atoms with Gasteiger partial charge in [0.25, 0.3) is 0 Å². The van der Waals surface area contributed by atoms with E-state index in [-0.39, 0.29) is 12.5 Å².